The zero-order valence-corrected chi connectivity index (χ0v) is 11.8. The van der Waals surface area contributed by atoms with E-state index in [1.54, 1.807) is 0 Å². The van der Waals surface area contributed by atoms with E-state index in [1.165, 1.54) is 0 Å². The molecule has 3 nitrogen and oxygen atoms in total. The van der Waals surface area contributed by atoms with Crippen LogP contribution in [0.15, 0.2) is 28.7 Å². The maximum atomic E-state index is 12.2. The maximum Gasteiger partial charge on any atom is 0.241 e. The molecule has 1 aliphatic heterocycles. The third kappa shape index (κ3) is 2.69. The molecule has 0 atom stereocenters. The molecule has 1 aliphatic rings. The fourth-order valence-electron chi connectivity index (χ4n) is 2.20. The van der Waals surface area contributed by atoms with Gasteiger partial charge in [0.25, 0.3) is 0 Å². The normalized spacial score (nSPS) is 20.2. The number of halogens is 1. The largest absolute Gasteiger partial charge is 0.308 e. The zero-order chi connectivity index (χ0) is 12.5. The number of benzene rings is 1. The molecular weight excluding hydrogens is 280 g/mol. The van der Waals surface area contributed by atoms with Gasteiger partial charge in [-0.1, -0.05) is 15.9 Å². The molecule has 0 saturated carbocycles. The van der Waals surface area contributed by atoms with Crippen molar-refractivity contribution in [1.82, 2.24) is 5.32 Å². The van der Waals surface area contributed by atoms with Gasteiger partial charge in [0.05, 0.1) is 6.54 Å². The number of hydrogen-bond acceptors (Lipinski definition) is 2. The van der Waals surface area contributed by atoms with Crippen LogP contribution in [0.5, 0.6) is 0 Å². The third-order valence-corrected chi connectivity index (χ3v) is 3.66. The standard InChI is InChI=1S/C13H17BrN2O/c1-13(2)7-8-15-9-12(17)16(13)11-5-3-10(14)4-6-11/h3-6,15H,7-9H2,1-2H3. The molecule has 17 heavy (non-hydrogen) atoms. The average molecular weight is 297 g/mol. The molecule has 0 unspecified atom stereocenters. The van der Waals surface area contributed by atoms with Gasteiger partial charge in [-0.25, -0.2) is 0 Å². The van der Waals surface area contributed by atoms with E-state index in [4.69, 9.17) is 0 Å². The van der Waals surface area contributed by atoms with Crippen molar-refractivity contribution in [3.05, 3.63) is 28.7 Å². The minimum atomic E-state index is -0.144. The fourth-order valence-corrected chi connectivity index (χ4v) is 2.47. The van der Waals surface area contributed by atoms with Crippen molar-refractivity contribution >= 4 is 27.5 Å². The summed E-state index contributed by atoms with van der Waals surface area (Å²) in [6.45, 7) is 5.52. The first-order chi connectivity index (χ1) is 8.00. The molecule has 0 aromatic heterocycles. The highest BCUT2D eigenvalue weighted by atomic mass is 79.9. The van der Waals surface area contributed by atoms with Gasteiger partial charge in [-0.3, -0.25) is 4.79 Å². The van der Waals surface area contributed by atoms with E-state index >= 15 is 0 Å². The van der Waals surface area contributed by atoms with E-state index in [9.17, 15) is 4.79 Å². The van der Waals surface area contributed by atoms with Crippen molar-refractivity contribution in [3.63, 3.8) is 0 Å². The SMILES string of the molecule is CC1(C)CCNCC(=O)N1c1ccc(Br)cc1. The number of nitrogens with zero attached hydrogens (tertiary/aromatic N) is 1. The van der Waals surface area contributed by atoms with Crippen molar-refractivity contribution < 1.29 is 4.79 Å². The smallest absolute Gasteiger partial charge is 0.241 e. The summed E-state index contributed by atoms with van der Waals surface area (Å²) >= 11 is 3.41. The summed E-state index contributed by atoms with van der Waals surface area (Å²) in [4.78, 5) is 14.1. The van der Waals surface area contributed by atoms with Gasteiger partial charge in [0.2, 0.25) is 5.91 Å². The second kappa shape index (κ2) is 4.78. The van der Waals surface area contributed by atoms with E-state index < -0.39 is 0 Å². The van der Waals surface area contributed by atoms with Gasteiger partial charge in [-0.15, -0.1) is 0 Å². The summed E-state index contributed by atoms with van der Waals surface area (Å²) in [5, 5.41) is 3.16. The van der Waals surface area contributed by atoms with Crippen LogP contribution in [-0.2, 0) is 4.79 Å². The first-order valence-electron chi connectivity index (χ1n) is 5.80. The summed E-state index contributed by atoms with van der Waals surface area (Å²) in [6.07, 6.45) is 0.953. The fraction of sp³-hybridized carbons (Fsp3) is 0.462. The van der Waals surface area contributed by atoms with Gasteiger partial charge in [0, 0.05) is 15.7 Å². The predicted molar refractivity (Wildman–Crippen MR) is 73.2 cm³/mol. The lowest BCUT2D eigenvalue weighted by molar-refractivity contribution is -0.118. The molecule has 1 N–H and O–H groups in total. The van der Waals surface area contributed by atoms with Crippen molar-refractivity contribution in [2.45, 2.75) is 25.8 Å². The van der Waals surface area contributed by atoms with E-state index in [0.717, 1.165) is 23.1 Å². The summed E-state index contributed by atoms with van der Waals surface area (Å²) in [5.74, 6) is 0.134. The van der Waals surface area contributed by atoms with Crippen molar-refractivity contribution in [3.8, 4) is 0 Å². The van der Waals surface area contributed by atoms with Crippen LogP contribution >= 0.6 is 15.9 Å². The number of nitrogens with one attached hydrogen (secondary N) is 1. The molecule has 1 aromatic rings. The van der Waals surface area contributed by atoms with Crippen LogP contribution in [0.4, 0.5) is 5.69 Å². The van der Waals surface area contributed by atoms with Crippen LogP contribution in [0.1, 0.15) is 20.3 Å². The number of hydrogen-bond donors (Lipinski definition) is 1. The topological polar surface area (TPSA) is 32.3 Å². The molecule has 4 heteroatoms. The minimum Gasteiger partial charge on any atom is -0.308 e. The van der Waals surface area contributed by atoms with E-state index in [2.05, 4.69) is 35.1 Å². The molecular formula is C13H17BrN2O. The van der Waals surface area contributed by atoms with E-state index in [0.29, 0.717) is 6.54 Å². The Morgan fingerprint density at radius 1 is 1.29 bits per heavy atom. The van der Waals surface area contributed by atoms with Crippen molar-refractivity contribution in [2.75, 3.05) is 18.0 Å². The van der Waals surface area contributed by atoms with Crippen LogP contribution in [0.3, 0.4) is 0 Å². The minimum absolute atomic E-state index is 0.134. The molecule has 92 valence electrons. The summed E-state index contributed by atoms with van der Waals surface area (Å²) in [7, 11) is 0. The summed E-state index contributed by atoms with van der Waals surface area (Å²) in [5.41, 5.74) is 0.820. The quantitative estimate of drug-likeness (QED) is 0.864. The summed E-state index contributed by atoms with van der Waals surface area (Å²) in [6, 6.07) is 7.90. The Bertz CT molecular complexity index is 414. The highest BCUT2D eigenvalue weighted by molar-refractivity contribution is 9.10. The van der Waals surface area contributed by atoms with Gasteiger partial charge < -0.3 is 10.2 Å². The Hall–Kier alpha value is -0.870. The number of carbonyl (C=O) groups excluding carboxylic acids is 1. The van der Waals surface area contributed by atoms with Gasteiger partial charge in [0.1, 0.15) is 0 Å². The highest BCUT2D eigenvalue weighted by Gasteiger charge is 2.33. The number of anilines is 1. The highest BCUT2D eigenvalue weighted by Crippen LogP contribution is 2.28. The summed E-state index contributed by atoms with van der Waals surface area (Å²) < 4.78 is 1.03. The van der Waals surface area contributed by atoms with Gasteiger partial charge in [-0.2, -0.15) is 0 Å². The van der Waals surface area contributed by atoms with Crippen molar-refractivity contribution in [2.24, 2.45) is 0 Å². The van der Waals surface area contributed by atoms with E-state index in [-0.39, 0.29) is 11.4 Å². The Labute approximate surface area is 110 Å². The van der Waals surface area contributed by atoms with Crippen molar-refractivity contribution in [1.29, 1.82) is 0 Å². The van der Waals surface area contributed by atoms with Crippen LogP contribution in [-0.4, -0.2) is 24.5 Å². The number of amides is 1. The van der Waals surface area contributed by atoms with Gasteiger partial charge in [-0.05, 0) is 51.1 Å². The second-order valence-corrected chi connectivity index (χ2v) is 5.86. The monoisotopic (exact) mass is 296 g/mol. The van der Waals surface area contributed by atoms with E-state index in [1.807, 2.05) is 29.2 Å². The lowest BCUT2D eigenvalue weighted by atomic mass is 9.97. The number of rotatable bonds is 1. The molecule has 0 aliphatic carbocycles. The Kier molecular flexibility index (Phi) is 3.54. The third-order valence-electron chi connectivity index (χ3n) is 3.13. The molecule has 0 radical (unpaired) electrons. The van der Waals surface area contributed by atoms with Crippen LogP contribution < -0.4 is 10.2 Å². The molecule has 1 amide bonds. The van der Waals surface area contributed by atoms with Gasteiger partial charge >= 0.3 is 0 Å². The molecule has 1 heterocycles. The average Bonchev–Trinajstić information content (AvgIpc) is 2.39. The molecule has 1 aromatic carbocycles. The van der Waals surface area contributed by atoms with Crippen LogP contribution in [0.25, 0.3) is 0 Å². The molecule has 1 saturated heterocycles. The first-order valence-corrected chi connectivity index (χ1v) is 6.59. The van der Waals surface area contributed by atoms with Gasteiger partial charge in [0.15, 0.2) is 0 Å². The molecule has 0 spiro atoms. The second-order valence-electron chi connectivity index (χ2n) is 4.94. The number of carbonyl (C=O) groups is 1. The van der Waals surface area contributed by atoms with Crippen LogP contribution in [0.2, 0.25) is 0 Å². The Balaban J connectivity index is 2.38. The lowest BCUT2D eigenvalue weighted by Crippen LogP contribution is -2.48. The Morgan fingerprint density at radius 3 is 2.59 bits per heavy atom. The van der Waals surface area contributed by atoms with Crippen LogP contribution in [0, 0.1) is 0 Å². The molecule has 1 fully saturated rings. The lowest BCUT2D eigenvalue weighted by Gasteiger charge is -2.37. The zero-order valence-electron chi connectivity index (χ0n) is 10.2. The predicted octanol–water partition coefficient (Wildman–Crippen LogP) is 2.55. The Morgan fingerprint density at radius 2 is 1.94 bits per heavy atom. The molecule has 0 bridgehead atoms. The molecule has 2 rings (SSSR count). The maximum absolute atomic E-state index is 12.2. The first kappa shape index (κ1) is 12.6.